The number of hydrogen-bond donors (Lipinski definition) is 1. The molecule has 0 unspecified atom stereocenters. The Morgan fingerprint density at radius 1 is 1.31 bits per heavy atom. The number of piperidine rings is 2. The second kappa shape index (κ2) is 4.74. The molecule has 1 N–H and O–H groups in total. The van der Waals surface area contributed by atoms with Crippen LogP contribution >= 0.6 is 0 Å². The number of likely N-dealkylation sites (tertiary alicyclic amines) is 1. The molecular weight excluding hydrogens is 200 g/mol. The van der Waals surface area contributed by atoms with Crippen LogP contribution in [0.1, 0.15) is 39.5 Å². The Hall–Kier alpha value is -0.570. The van der Waals surface area contributed by atoms with Crippen molar-refractivity contribution >= 4 is 5.91 Å². The number of nitrogens with zero attached hydrogens (tertiary/aromatic N) is 1. The van der Waals surface area contributed by atoms with Crippen LogP contribution in [0.25, 0.3) is 0 Å². The summed E-state index contributed by atoms with van der Waals surface area (Å²) in [4.78, 5) is 14.1. The minimum absolute atomic E-state index is 0.145. The molecule has 0 aromatic carbocycles. The van der Waals surface area contributed by atoms with Gasteiger partial charge in [0.05, 0.1) is 0 Å². The summed E-state index contributed by atoms with van der Waals surface area (Å²) in [5.74, 6) is 0.483. The maximum absolute atomic E-state index is 12.0. The van der Waals surface area contributed by atoms with Gasteiger partial charge in [-0.05, 0) is 32.2 Å². The number of hydrogen-bond acceptors (Lipinski definition) is 2. The topological polar surface area (TPSA) is 32.3 Å². The van der Waals surface area contributed by atoms with Crippen molar-refractivity contribution in [2.24, 2.45) is 11.3 Å². The summed E-state index contributed by atoms with van der Waals surface area (Å²) < 4.78 is 0. The lowest BCUT2D eigenvalue weighted by Gasteiger charge is -2.45. The van der Waals surface area contributed by atoms with Crippen LogP contribution in [0.4, 0.5) is 0 Å². The third-order valence-corrected chi connectivity index (χ3v) is 4.03. The molecule has 2 rings (SSSR count). The molecule has 0 saturated carbocycles. The van der Waals surface area contributed by atoms with Crippen LogP contribution in [-0.4, -0.2) is 37.0 Å². The quantitative estimate of drug-likeness (QED) is 0.734. The van der Waals surface area contributed by atoms with Crippen molar-refractivity contribution < 1.29 is 4.79 Å². The Kier molecular flexibility index (Phi) is 3.53. The molecule has 92 valence electrons. The number of amides is 1. The van der Waals surface area contributed by atoms with Gasteiger partial charge in [-0.25, -0.2) is 0 Å². The summed E-state index contributed by atoms with van der Waals surface area (Å²) in [6.07, 6.45) is 5.04. The highest BCUT2D eigenvalue weighted by Gasteiger charge is 2.38. The second-order valence-electron chi connectivity index (χ2n) is 5.80. The minimum Gasteiger partial charge on any atom is -0.342 e. The van der Waals surface area contributed by atoms with Crippen LogP contribution in [-0.2, 0) is 4.79 Å². The van der Waals surface area contributed by atoms with Gasteiger partial charge in [0.15, 0.2) is 0 Å². The van der Waals surface area contributed by atoms with Crippen LogP contribution in [0.5, 0.6) is 0 Å². The molecule has 0 aromatic rings. The fourth-order valence-corrected chi connectivity index (χ4v) is 3.14. The standard InChI is InChI=1S/C13H24N2O/c1-11(2)12(16)15-8-4-6-13(10-15)5-3-7-14-9-13/h11,14H,3-10H2,1-2H3/t13-/m1/s1. The molecule has 0 aliphatic carbocycles. The van der Waals surface area contributed by atoms with Gasteiger partial charge in [0.1, 0.15) is 0 Å². The molecule has 3 nitrogen and oxygen atoms in total. The maximum Gasteiger partial charge on any atom is 0.225 e. The fourth-order valence-electron chi connectivity index (χ4n) is 3.14. The van der Waals surface area contributed by atoms with Gasteiger partial charge in [0.25, 0.3) is 0 Å². The van der Waals surface area contributed by atoms with Crippen molar-refractivity contribution in [2.45, 2.75) is 39.5 Å². The number of carbonyl (C=O) groups excluding carboxylic acids is 1. The molecule has 2 aliphatic rings. The lowest BCUT2D eigenvalue weighted by Crippen LogP contribution is -2.53. The highest BCUT2D eigenvalue weighted by atomic mass is 16.2. The van der Waals surface area contributed by atoms with E-state index in [0.29, 0.717) is 11.3 Å². The largest absolute Gasteiger partial charge is 0.342 e. The predicted molar refractivity (Wildman–Crippen MR) is 65.2 cm³/mol. The molecule has 0 bridgehead atoms. The van der Waals surface area contributed by atoms with Crippen LogP contribution in [0, 0.1) is 11.3 Å². The molecule has 1 spiro atoms. The highest BCUT2D eigenvalue weighted by Crippen LogP contribution is 2.36. The number of nitrogens with one attached hydrogen (secondary N) is 1. The van der Waals surface area contributed by atoms with Gasteiger partial charge in [0.2, 0.25) is 5.91 Å². The maximum atomic E-state index is 12.0. The van der Waals surface area contributed by atoms with Crippen LogP contribution in [0.15, 0.2) is 0 Å². The van der Waals surface area contributed by atoms with E-state index in [9.17, 15) is 4.79 Å². The van der Waals surface area contributed by atoms with Crippen LogP contribution in [0.2, 0.25) is 0 Å². The molecule has 0 radical (unpaired) electrons. The van der Waals surface area contributed by atoms with Gasteiger partial charge in [-0.1, -0.05) is 13.8 Å². The van der Waals surface area contributed by atoms with Crippen molar-refractivity contribution in [1.82, 2.24) is 10.2 Å². The van der Waals surface area contributed by atoms with E-state index in [1.165, 1.54) is 25.7 Å². The lowest BCUT2D eigenvalue weighted by atomic mass is 9.74. The smallest absolute Gasteiger partial charge is 0.225 e. The number of rotatable bonds is 1. The fraction of sp³-hybridized carbons (Fsp3) is 0.923. The summed E-state index contributed by atoms with van der Waals surface area (Å²) in [7, 11) is 0. The third kappa shape index (κ3) is 2.40. The SMILES string of the molecule is CC(C)C(=O)N1CCC[C@@]2(CCCNC2)C1. The van der Waals surface area contributed by atoms with Gasteiger partial charge in [0, 0.05) is 31.0 Å². The van der Waals surface area contributed by atoms with E-state index in [4.69, 9.17) is 0 Å². The third-order valence-electron chi connectivity index (χ3n) is 4.03. The van der Waals surface area contributed by atoms with Crippen molar-refractivity contribution in [3.8, 4) is 0 Å². The Morgan fingerprint density at radius 2 is 2.06 bits per heavy atom. The normalized spacial score (nSPS) is 31.1. The molecule has 1 atom stereocenters. The average Bonchev–Trinajstić information content (AvgIpc) is 2.29. The lowest BCUT2D eigenvalue weighted by molar-refractivity contribution is -0.138. The van der Waals surface area contributed by atoms with E-state index in [1.54, 1.807) is 0 Å². The summed E-state index contributed by atoms with van der Waals surface area (Å²) in [6, 6.07) is 0. The van der Waals surface area contributed by atoms with E-state index in [1.807, 2.05) is 13.8 Å². The zero-order chi connectivity index (χ0) is 11.6. The van der Waals surface area contributed by atoms with E-state index in [0.717, 1.165) is 26.2 Å². The molecule has 2 saturated heterocycles. The molecule has 2 heterocycles. The highest BCUT2D eigenvalue weighted by molar-refractivity contribution is 5.78. The zero-order valence-electron chi connectivity index (χ0n) is 10.6. The van der Waals surface area contributed by atoms with Crippen molar-refractivity contribution in [2.75, 3.05) is 26.2 Å². The van der Waals surface area contributed by atoms with E-state index >= 15 is 0 Å². The first-order valence-electron chi connectivity index (χ1n) is 6.62. The Morgan fingerprint density at radius 3 is 2.69 bits per heavy atom. The first-order valence-corrected chi connectivity index (χ1v) is 6.62. The molecule has 3 heteroatoms. The Balaban J connectivity index is 2.00. The summed E-state index contributed by atoms with van der Waals surface area (Å²) >= 11 is 0. The summed E-state index contributed by atoms with van der Waals surface area (Å²) in [5, 5.41) is 3.50. The molecule has 16 heavy (non-hydrogen) atoms. The molecule has 0 aromatic heterocycles. The first kappa shape index (κ1) is 11.9. The average molecular weight is 224 g/mol. The number of carbonyl (C=O) groups is 1. The predicted octanol–water partition coefficient (Wildman–Crippen LogP) is 1.63. The minimum atomic E-state index is 0.145. The van der Waals surface area contributed by atoms with Crippen LogP contribution < -0.4 is 5.32 Å². The summed E-state index contributed by atoms with van der Waals surface area (Å²) in [6.45, 7) is 8.22. The van der Waals surface area contributed by atoms with Crippen LogP contribution in [0.3, 0.4) is 0 Å². The van der Waals surface area contributed by atoms with E-state index in [2.05, 4.69) is 10.2 Å². The monoisotopic (exact) mass is 224 g/mol. The zero-order valence-corrected chi connectivity index (χ0v) is 10.6. The van der Waals surface area contributed by atoms with Gasteiger partial charge < -0.3 is 10.2 Å². The van der Waals surface area contributed by atoms with Crippen molar-refractivity contribution in [3.63, 3.8) is 0 Å². The van der Waals surface area contributed by atoms with Crippen molar-refractivity contribution in [3.05, 3.63) is 0 Å². The Bertz CT molecular complexity index is 251. The Labute approximate surface area is 98.6 Å². The van der Waals surface area contributed by atoms with Gasteiger partial charge in [-0.3, -0.25) is 4.79 Å². The molecular formula is C13H24N2O. The molecule has 2 fully saturated rings. The van der Waals surface area contributed by atoms with Gasteiger partial charge in [-0.15, -0.1) is 0 Å². The van der Waals surface area contributed by atoms with E-state index in [-0.39, 0.29) is 5.92 Å². The van der Waals surface area contributed by atoms with Crippen molar-refractivity contribution in [1.29, 1.82) is 0 Å². The second-order valence-corrected chi connectivity index (χ2v) is 5.80. The summed E-state index contributed by atoms with van der Waals surface area (Å²) in [5.41, 5.74) is 0.390. The van der Waals surface area contributed by atoms with Gasteiger partial charge in [-0.2, -0.15) is 0 Å². The first-order chi connectivity index (χ1) is 7.63. The molecule has 2 aliphatic heterocycles. The van der Waals surface area contributed by atoms with Gasteiger partial charge >= 0.3 is 0 Å². The van der Waals surface area contributed by atoms with E-state index < -0.39 is 0 Å². The molecule has 1 amide bonds.